The van der Waals surface area contributed by atoms with Gasteiger partial charge in [0.25, 0.3) is 0 Å². The van der Waals surface area contributed by atoms with Gasteiger partial charge in [-0.25, -0.2) is 4.39 Å². The summed E-state index contributed by atoms with van der Waals surface area (Å²) >= 11 is 1.71. The van der Waals surface area contributed by atoms with Gasteiger partial charge in [-0.05, 0) is 43.4 Å². The van der Waals surface area contributed by atoms with Gasteiger partial charge in [0, 0.05) is 31.5 Å². The van der Waals surface area contributed by atoms with Crippen molar-refractivity contribution in [1.82, 2.24) is 20.8 Å². The van der Waals surface area contributed by atoms with Gasteiger partial charge in [0.1, 0.15) is 5.82 Å². The topological polar surface area (TPSA) is 75.3 Å². The van der Waals surface area contributed by atoms with E-state index in [0.717, 1.165) is 29.6 Å². The largest absolute Gasteiger partial charge is 0.356 e. The van der Waals surface area contributed by atoms with Crippen LogP contribution in [0.3, 0.4) is 0 Å². The zero-order chi connectivity index (χ0) is 17.2. The van der Waals surface area contributed by atoms with Crippen LogP contribution in [0.25, 0.3) is 0 Å². The fourth-order valence-electron chi connectivity index (χ4n) is 1.95. The van der Waals surface area contributed by atoms with Crippen LogP contribution in [0.1, 0.15) is 18.1 Å². The van der Waals surface area contributed by atoms with E-state index in [0.29, 0.717) is 24.7 Å². The number of nitrogens with one attached hydrogen (secondary N) is 2. The first kappa shape index (κ1) is 21.7. The lowest BCUT2D eigenvalue weighted by atomic mass is 10.4. The number of thioether (sulfide) groups is 1. The molecule has 138 valence electrons. The average Bonchev–Trinajstić information content (AvgIpc) is 3.00. The summed E-state index contributed by atoms with van der Waals surface area (Å²) in [6, 6.07) is 6.56. The molecule has 1 aromatic carbocycles. The van der Waals surface area contributed by atoms with Crippen molar-refractivity contribution in [3.63, 3.8) is 0 Å². The predicted octanol–water partition coefficient (Wildman–Crippen LogP) is 3.03. The van der Waals surface area contributed by atoms with Crippen LogP contribution < -0.4 is 10.6 Å². The zero-order valence-electron chi connectivity index (χ0n) is 14.3. The van der Waals surface area contributed by atoms with Crippen LogP contribution in [0.2, 0.25) is 0 Å². The van der Waals surface area contributed by atoms with Crippen LogP contribution in [0.4, 0.5) is 4.39 Å². The van der Waals surface area contributed by atoms with E-state index in [-0.39, 0.29) is 29.8 Å². The minimum Gasteiger partial charge on any atom is -0.356 e. The van der Waals surface area contributed by atoms with Gasteiger partial charge in [-0.3, -0.25) is 4.99 Å². The van der Waals surface area contributed by atoms with Crippen molar-refractivity contribution in [2.24, 2.45) is 4.99 Å². The van der Waals surface area contributed by atoms with Crippen LogP contribution in [0.15, 0.2) is 38.7 Å². The molecule has 9 heteroatoms. The van der Waals surface area contributed by atoms with E-state index >= 15 is 0 Å². The highest BCUT2D eigenvalue weighted by atomic mass is 127. The van der Waals surface area contributed by atoms with E-state index in [1.165, 1.54) is 12.1 Å². The second-order valence-corrected chi connectivity index (χ2v) is 6.24. The molecule has 1 aromatic heterocycles. The highest BCUT2D eigenvalue weighted by Gasteiger charge is 2.03. The van der Waals surface area contributed by atoms with Gasteiger partial charge in [0.15, 0.2) is 11.8 Å². The highest BCUT2D eigenvalue weighted by Crippen LogP contribution is 2.18. The van der Waals surface area contributed by atoms with Crippen LogP contribution in [0.5, 0.6) is 0 Å². The third kappa shape index (κ3) is 8.52. The Kier molecular flexibility index (Phi) is 10.5. The first-order chi connectivity index (χ1) is 11.7. The smallest absolute Gasteiger partial charge is 0.228 e. The van der Waals surface area contributed by atoms with E-state index in [4.69, 9.17) is 4.52 Å². The third-order valence-electron chi connectivity index (χ3n) is 3.12. The van der Waals surface area contributed by atoms with Crippen molar-refractivity contribution in [3.8, 4) is 0 Å². The molecule has 0 saturated carbocycles. The molecule has 2 aromatic rings. The number of hydrogen-bond donors (Lipinski definition) is 2. The molecule has 0 radical (unpaired) electrons. The maximum absolute atomic E-state index is 12.8. The molecule has 1 heterocycles. The van der Waals surface area contributed by atoms with Crippen LogP contribution in [-0.2, 0) is 6.42 Å². The first-order valence-corrected chi connectivity index (χ1v) is 8.78. The number of halogens is 2. The molecule has 0 bridgehead atoms. The van der Waals surface area contributed by atoms with Crippen molar-refractivity contribution in [2.75, 3.05) is 25.9 Å². The van der Waals surface area contributed by atoms with E-state index in [1.54, 1.807) is 37.9 Å². The number of benzene rings is 1. The summed E-state index contributed by atoms with van der Waals surface area (Å²) in [6.45, 7) is 3.28. The Balaban J connectivity index is 0.00000312. The molecule has 0 atom stereocenters. The highest BCUT2D eigenvalue weighted by molar-refractivity contribution is 14.0. The number of hydrogen-bond acceptors (Lipinski definition) is 5. The Morgan fingerprint density at radius 3 is 2.60 bits per heavy atom. The molecule has 25 heavy (non-hydrogen) atoms. The van der Waals surface area contributed by atoms with Crippen molar-refractivity contribution < 1.29 is 8.91 Å². The standard InChI is InChI=1S/C16H22FN5OS.HI/c1-12-21-15(23-22-12)8-10-20-16(18-2)19-9-3-11-24-14-6-4-13(17)5-7-14;/h4-7H,3,8-11H2,1-2H3,(H2,18,19,20);1H. The van der Waals surface area contributed by atoms with Gasteiger partial charge in [0.2, 0.25) is 5.89 Å². The quantitative estimate of drug-likeness (QED) is 0.199. The van der Waals surface area contributed by atoms with Crippen LogP contribution in [0, 0.1) is 12.7 Å². The van der Waals surface area contributed by atoms with Crippen molar-refractivity contribution >= 4 is 41.7 Å². The Bertz CT molecular complexity index is 650. The van der Waals surface area contributed by atoms with E-state index in [9.17, 15) is 4.39 Å². The Hall–Kier alpha value is -1.36. The number of aromatic nitrogens is 2. The molecule has 0 aliphatic rings. The molecular formula is C16H23FIN5OS. The lowest BCUT2D eigenvalue weighted by molar-refractivity contribution is 0.374. The molecule has 0 unspecified atom stereocenters. The van der Waals surface area contributed by atoms with Gasteiger partial charge < -0.3 is 15.2 Å². The summed E-state index contributed by atoms with van der Waals surface area (Å²) in [5.74, 6) is 2.76. The van der Waals surface area contributed by atoms with Crippen molar-refractivity contribution in [1.29, 1.82) is 0 Å². The van der Waals surface area contributed by atoms with Crippen LogP contribution >= 0.6 is 35.7 Å². The predicted molar refractivity (Wildman–Crippen MR) is 109 cm³/mol. The third-order valence-corrected chi connectivity index (χ3v) is 4.22. The molecule has 0 saturated heterocycles. The maximum atomic E-state index is 12.8. The van der Waals surface area contributed by atoms with E-state index < -0.39 is 0 Å². The average molecular weight is 479 g/mol. The monoisotopic (exact) mass is 479 g/mol. The lowest BCUT2D eigenvalue weighted by Gasteiger charge is -2.10. The summed E-state index contributed by atoms with van der Waals surface area (Å²) in [7, 11) is 1.74. The number of aryl methyl sites for hydroxylation is 1. The molecule has 0 amide bonds. The molecule has 0 spiro atoms. The minimum atomic E-state index is -0.202. The number of aliphatic imine (C=N–C) groups is 1. The van der Waals surface area contributed by atoms with Gasteiger partial charge in [-0.1, -0.05) is 5.16 Å². The Morgan fingerprint density at radius 1 is 1.24 bits per heavy atom. The molecule has 0 fully saturated rings. The summed E-state index contributed by atoms with van der Waals surface area (Å²) in [5.41, 5.74) is 0. The Morgan fingerprint density at radius 2 is 1.96 bits per heavy atom. The van der Waals surface area contributed by atoms with Crippen molar-refractivity contribution in [2.45, 2.75) is 24.7 Å². The zero-order valence-corrected chi connectivity index (χ0v) is 17.4. The summed E-state index contributed by atoms with van der Waals surface area (Å²) in [6.07, 6.45) is 1.63. The maximum Gasteiger partial charge on any atom is 0.228 e. The van der Waals surface area contributed by atoms with Gasteiger partial charge in [-0.2, -0.15) is 4.98 Å². The van der Waals surface area contributed by atoms with Crippen LogP contribution in [-0.4, -0.2) is 42.0 Å². The van der Waals surface area contributed by atoms with Gasteiger partial charge in [0.05, 0.1) is 0 Å². The molecule has 2 N–H and O–H groups in total. The molecule has 2 rings (SSSR count). The van der Waals surface area contributed by atoms with Crippen molar-refractivity contribution in [3.05, 3.63) is 41.8 Å². The number of rotatable bonds is 8. The molecule has 6 nitrogen and oxygen atoms in total. The second kappa shape index (κ2) is 12.1. The molecule has 0 aliphatic carbocycles. The summed E-state index contributed by atoms with van der Waals surface area (Å²) in [4.78, 5) is 9.40. The Labute approximate surface area is 168 Å². The second-order valence-electron chi connectivity index (χ2n) is 5.07. The SMILES string of the molecule is CN=C(NCCCSc1ccc(F)cc1)NCCc1nc(C)no1.I. The van der Waals surface area contributed by atoms with Gasteiger partial charge >= 0.3 is 0 Å². The normalized spacial score (nSPS) is 11.1. The first-order valence-electron chi connectivity index (χ1n) is 7.79. The molecular weight excluding hydrogens is 456 g/mol. The minimum absolute atomic E-state index is 0. The number of guanidine groups is 1. The fourth-order valence-corrected chi connectivity index (χ4v) is 2.80. The van der Waals surface area contributed by atoms with E-state index in [2.05, 4.69) is 25.8 Å². The molecule has 0 aliphatic heterocycles. The number of nitrogens with zero attached hydrogens (tertiary/aromatic N) is 3. The fraction of sp³-hybridized carbons (Fsp3) is 0.438. The van der Waals surface area contributed by atoms with Gasteiger partial charge in [-0.15, -0.1) is 35.7 Å². The summed E-state index contributed by atoms with van der Waals surface area (Å²) < 4.78 is 17.9. The van der Waals surface area contributed by atoms with E-state index in [1.807, 2.05) is 0 Å². The lowest BCUT2D eigenvalue weighted by Crippen LogP contribution is -2.38. The summed E-state index contributed by atoms with van der Waals surface area (Å²) in [5, 5.41) is 10.2.